The van der Waals surface area contributed by atoms with Gasteiger partial charge in [-0.05, 0) is 29.7 Å². The molecule has 3 aliphatic rings. The van der Waals surface area contributed by atoms with Gasteiger partial charge in [-0.2, -0.15) is 0 Å². The Morgan fingerprint density at radius 1 is 0.943 bits per heavy atom. The summed E-state index contributed by atoms with van der Waals surface area (Å²) >= 11 is 0. The van der Waals surface area contributed by atoms with Crippen molar-refractivity contribution in [2.45, 2.75) is 19.1 Å². The molecule has 35 heavy (non-hydrogen) atoms. The highest BCUT2D eigenvalue weighted by Crippen LogP contribution is 2.28. The molecule has 1 saturated heterocycles. The number of amides is 1. The Labute approximate surface area is 207 Å². The molecule has 1 fully saturated rings. The Kier molecular flexibility index (Phi) is 7.83. The van der Waals surface area contributed by atoms with Crippen LogP contribution in [0, 0.1) is 0 Å². The molecule has 0 radical (unpaired) electrons. The number of carbonyl (C=O) groups is 1. The van der Waals surface area contributed by atoms with Gasteiger partial charge in [0.25, 0.3) is 5.91 Å². The number of nitrogens with zero attached hydrogens (tertiary/aromatic N) is 3. The van der Waals surface area contributed by atoms with E-state index >= 15 is 0 Å². The fourth-order valence-corrected chi connectivity index (χ4v) is 5.04. The van der Waals surface area contributed by atoms with E-state index in [1.165, 1.54) is 11.1 Å². The van der Waals surface area contributed by atoms with Crippen molar-refractivity contribution in [1.82, 2.24) is 14.7 Å². The van der Waals surface area contributed by atoms with E-state index in [9.17, 15) is 9.90 Å². The summed E-state index contributed by atoms with van der Waals surface area (Å²) in [4.78, 5) is 19.5. The molecule has 5 rings (SSSR count). The van der Waals surface area contributed by atoms with Gasteiger partial charge in [0.2, 0.25) is 0 Å². The minimum absolute atomic E-state index is 0.111. The van der Waals surface area contributed by atoms with Gasteiger partial charge in [0, 0.05) is 51.9 Å². The van der Waals surface area contributed by atoms with Crippen molar-refractivity contribution < 1.29 is 24.1 Å². The van der Waals surface area contributed by atoms with Gasteiger partial charge in [-0.1, -0.05) is 24.3 Å². The van der Waals surface area contributed by atoms with Crippen LogP contribution in [-0.2, 0) is 17.7 Å². The number of hydrogen-bond donors (Lipinski definition) is 1. The second kappa shape index (κ2) is 11.4. The van der Waals surface area contributed by atoms with E-state index in [-0.39, 0.29) is 12.5 Å². The number of rotatable bonds is 8. The molecule has 0 saturated carbocycles. The zero-order valence-electron chi connectivity index (χ0n) is 20.2. The van der Waals surface area contributed by atoms with Gasteiger partial charge >= 0.3 is 0 Å². The SMILES string of the molecule is O=C1c2ccc(OCCN3CCOCC3)cc2OCCN1C[C@H](O)CN1CCc2ccccc2C1. The van der Waals surface area contributed by atoms with Crippen molar-refractivity contribution in [3.63, 3.8) is 0 Å². The van der Waals surface area contributed by atoms with Gasteiger partial charge in [-0.15, -0.1) is 0 Å². The number of hydrogen-bond acceptors (Lipinski definition) is 7. The van der Waals surface area contributed by atoms with Gasteiger partial charge in [-0.3, -0.25) is 14.6 Å². The minimum atomic E-state index is -0.617. The average molecular weight is 482 g/mol. The zero-order valence-corrected chi connectivity index (χ0v) is 20.2. The molecule has 2 aromatic carbocycles. The van der Waals surface area contributed by atoms with Crippen molar-refractivity contribution in [3.8, 4) is 11.5 Å². The van der Waals surface area contributed by atoms with E-state index in [0.717, 1.165) is 52.4 Å². The quantitative estimate of drug-likeness (QED) is 0.615. The molecule has 188 valence electrons. The van der Waals surface area contributed by atoms with Crippen molar-refractivity contribution in [3.05, 3.63) is 59.2 Å². The Bertz CT molecular complexity index is 1010. The van der Waals surface area contributed by atoms with Gasteiger partial charge < -0.3 is 24.2 Å². The Morgan fingerprint density at radius 2 is 1.77 bits per heavy atom. The standard InChI is InChI=1S/C27H35N3O5/c31-23(19-29-8-7-21-3-1-2-4-22(21)18-29)20-30-12-16-35-26-17-24(5-6-25(26)27(30)32)34-15-11-28-9-13-33-14-10-28/h1-6,17,23,31H,7-16,18-20H2/t23-/m1/s1. The molecule has 0 bridgehead atoms. The van der Waals surface area contributed by atoms with Crippen molar-refractivity contribution in [2.75, 3.05) is 72.2 Å². The number of morpholine rings is 1. The molecule has 8 heteroatoms. The van der Waals surface area contributed by atoms with Crippen LogP contribution < -0.4 is 9.47 Å². The number of benzene rings is 2. The topological polar surface area (TPSA) is 74.7 Å². The highest BCUT2D eigenvalue weighted by molar-refractivity contribution is 5.97. The zero-order chi connectivity index (χ0) is 24.0. The summed E-state index contributed by atoms with van der Waals surface area (Å²) in [6, 6.07) is 13.9. The molecule has 1 amide bonds. The van der Waals surface area contributed by atoms with E-state index in [1.54, 1.807) is 17.0 Å². The number of fused-ring (bicyclic) bond motifs is 2. The smallest absolute Gasteiger partial charge is 0.257 e. The maximum Gasteiger partial charge on any atom is 0.257 e. The molecule has 8 nitrogen and oxygen atoms in total. The average Bonchev–Trinajstić information content (AvgIpc) is 3.03. The molecular weight excluding hydrogens is 446 g/mol. The molecule has 0 aliphatic carbocycles. The van der Waals surface area contributed by atoms with Crippen LogP contribution in [0.1, 0.15) is 21.5 Å². The van der Waals surface area contributed by atoms with Crippen LogP contribution in [0.2, 0.25) is 0 Å². The normalized spacial score (nSPS) is 19.9. The number of β-amino-alcohol motifs (C(OH)–C–C–N with tert-alkyl or cyclic N) is 1. The van der Waals surface area contributed by atoms with Gasteiger partial charge in [0.1, 0.15) is 24.7 Å². The summed E-state index contributed by atoms with van der Waals surface area (Å²) < 4.78 is 17.2. The minimum Gasteiger partial charge on any atom is -0.492 e. The number of aliphatic hydroxyl groups excluding tert-OH is 1. The maximum atomic E-state index is 13.2. The highest BCUT2D eigenvalue weighted by atomic mass is 16.5. The summed E-state index contributed by atoms with van der Waals surface area (Å²) in [6.07, 6.45) is 0.373. The van der Waals surface area contributed by atoms with E-state index in [1.807, 2.05) is 6.07 Å². The summed E-state index contributed by atoms with van der Waals surface area (Å²) in [6.45, 7) is 8.23. The van der Waals surface area contributed by atoms with Crippen LogP contribution in [0.25, 0.3) is 0 Å². The lowest BCUT2D eigenvalue weighted by Crippen LogP contribution is -2.44. The first kappa shape index (κ1) is 24.1. The highest BCUT2D eigenvalue weighted by Gasteiger charge is 2.27. The monoisotopic (exact) mass is 481 g/mol. The van der Waals surface area contributed by atoms with Crippen molar-refractivity contribution in [2.24, 2.45) is 0 Å². The Hall–Kier alpha value is -2.65. The summed E-state index contributed by atoms with van der Waals surface area (Å²) in [7, 11) is 0. The Balaban J connectivity index is 1.14. The van der Waals surface area contributed by atoms with Gasteiger partial charge in [0.05, 0.1) is 31.4 Å². The van der Waals surface area contributed by atoms with Crippen molar-refractivity contribution in [1.29, 1.82) is 0 Å². The first-order valence-electron chi connectivity index (χ1n) is 12.6. The fraction of sp³-hybridized carbons (Fsp3) is 0.519. The molecule has 1 N–H and O–H groups in total. The first-order valence-corrected chi connectivity index (χ1v) is 12.6. The van der Waals surface area contributed by atoms with E-state index in [4.69, 9.17) is 14.2 Å². The van der Waals surface area contributed by atoms with E-state index < -0.39 is 6.10 Å². The Morgan fingerprint density at radius 3 is 2.63 bits per heavy atom. The summed E-state index contributed by atoms with van der Waals surface area (Å²) in [5.41, 5.74) is 3.23. The van der Waals surface area contributed by atoms with Crippen LogP contribution in [0.15, 0.2) is 42.5 Å². The molecule has 1 atom stereocenters. The van der Waals surface area contributed by atoms with Crippen LogP contribution in [0.3, 0.4) is 0 Å². The molecule has 0 aromatic heterocycles. The lowest BCUT2D eigenvalue weighted by Gasteiger charge is -2.32. The number of aliphatic hydroxyl groups is 1. The molecule has 3 aliphatic heterocycles. The molecular formula is C27H35N3O5. The summed E-state index contributed by atoms with van der Waals surface area (Å²) in [5.74, 6) is 1.13. The second-order valence-electron chi connectivity index (χ2n) is 9.47. The van der Waals surface area contributed by atoms with Crippen LogP contribution in [-0.4, -0.2) is 104 Å². The molecule has 0 unspecified atom stereocenters. The van der Waals surface area contributed by atoms with Gasteiger partial charge in [0.15, 0.2) is 0 Å². The van der Waals surface area contributed by atoms with Crippen LogP contribution in [0.4, 0.5) is 0 Å². The van der Waals surface area contributed by atoms with Crippen LogP contribution in [0.5, 0.6) is 11.5 Å². The molecule has 0 spiro atoms. The second-order valence-corrected chi connectivity index (χ2v) is 9.47. The number of carbonyl (C=O) groups excluding carboxylic acids is 1. The van der Waals surface area contributed by atoms with Gasteiger partial charge in [-0.25, -0.2) is 0 Å². The third kappa shape index (κ3) is 6.13. The summed E-state index contributed by atoms with van der Waals surface area (Å²) in [5, 5.41) is 10.8. The van der Waals surface area contributed by atoms with Crippen LogP contribution >= 0.6 is 0 Å². The van der Waals surface area contributed by atoms with E-state index in [2.05, 4.69) is 34.1 Å². The number of ether oxygens (including phenoxy) is 3. The van der Waals surface area contributed by atoms with Crippen molar-refractivity contribution >= 4 is 5.91 Å². The predicted octanol–water partition coefficient (Wildman–Crippen LogP) is 1.65. The third-order valence-electron chi connectivity index (χ3n) is 6.98. The molecule has 3 heterocycles. The lowest BCUT2D eigenvalue weighted by atomic mass is 10.00. The van der Waals surface area contributed by atoms with E-state index in [0.29, 0.717) is 43.4 Å². The largest absolute Gasteiger partial charge is 0.492 e. The first-order chi connectivity index (χ1) is 17.2. The third-order valence-corrected chi connectivity index (χ3v) is 6.98. The maximum absolute atomic E-state index is 13.2. The lowest BCUT2D eigenvalue weighted by molar-refractivity contribution is 0.0322. The fourth-order valence-electron chi connectivity index (χ4n) is 5.04. The molecule has 2 aromatic rings. The predicted molar refractivity (Wildman–Crippen MR) is 132 cm³/mol.